The number of hydrogen-bond acceptors (Lipinski definition) is 9. The second-order valence-electron chi connectivity index (χ2n) is 8.76. The number of carbonyl (C=O) groups excluding carboxylic acids is 2. The molecule has 2 aromatic carbocycles. The van der Waals surface area contributed by atoms with Gasteiger partial charge in [0.25, 0.3) is 0 Å². The highest BCUT2D eigenvalue weighted by Crippen LogP contribution is 2.45. The topological polar surface area (TPSA) is 131 Å². The molecular weight excluding hydrogens is 498 g/mol. The van der Waals surface area contributed by atoms with Crippen LogP contribution in [-0.2, 0) is 14.2 Å². The molecule has 190 valence electrons. The number of imidazole rings is 1. The predicted molar refractivity (Wildman–Crippen MR) is 135 cm³/mol. The van der Waals surface area contributed by atoms with Crippen molar-refractivity contribution in [3.8, 4) is 0 Å². The van der Waals surface area contributed by atoms with Gasteiger partial charge < -0.3 is 19.9 Å². The number of anilines is 1. The third kappa shape index (κ3) is 4.49. The molecule has 0 spiro atoms. The summed E-state index contributed by atoms with van der Waals surface area (Å²) >= 11 is 6.24. The van der Waals surface area contributed by atoms with Crippen LogP contribution in [0.3, 0.4) is 0 Å². The van der Waals surface area contributed by atoms with Gasteiger partial charge >= 0.3 is 11.9 Å². The van der Waals surface area contributed by atoms with Crippen LogP contribution in [-0.4, -0.2) is 49.3 Å². The lowest BCUT2D eigenvalue weighted by molar-refractivity contribution is -0.108. The number of benzene rings is 2. The van der Waals surface area contributed by atoms with Crippen molar-refractivity contribution in [1.29, 1.82) is 0 Å². The fraction of sp³-hybridized carbons (Fsp3) is 0.269. The van der Waals surface area contributed by atoms with Gasteiger partial charge in [0.15, 0.2) is 28.7 Å². The maximum Gasteiger partial charge on any atom is 0.338 e. The third-order valence-corrected chi connectivity index (χ3v) is 6.58. The van der Waals surface area contributed by atoms with Crippen molar-refractivity contribution < 1.29 is 23.8 Å². The molecule has 0 saturated carbocycles. The summed E-state index contributed by atoms with van der Waals surface area (Å²) in [7, 11) is 0. The Labute approximate surface area is 217 Å². The van der Waals surface area contributed by atoms with E-state index in [0.717, 1.165) is 0 Å². The Morgan fingerprint density at radius 1 is 1.05 bits per heavy atom. The summed E-state index contributed by atoms with van der Waals surface area (Å²) in [5.41, 5.74) is 5.63. The first-order chi connectivity index (χ1) is 17.8. The van der Waals surface area contributed by atoms with Gasteiger partial charge in [0.05, 0.1) is 17.5 Å². The monoisotopic (exact) mass is 521 g/mol. The Balaban J connectivity index is 1.59. The quantitative estimate of drug-likeness (QED) is 0.292. The van der Waals surface area contributed by atoms with Crippen LogP contribution in [0.5, 0.6) is 0 Å². The fourth-order valence-electron chi connectivity index (χ4n) is 4.50. The summed E-state index contributed by atoms with van der Waals surface area (Å²) in [5.74, 6) is -1.23. The van der Waals surface area contributed by atoms with E-state index in [9.17, 15) is 9.59 Å². The molecule has 0 amide bonds. The van der Waals surface area contributed by atoms with Crippen molar-refractivity contribution in [2.45, 2.75) is 44.3 Å². The number of nitrogen functional groups attached to an aromatic ring is 1. The first kappa shape index (κ1) is 24.7. The van der Waals surface area contributed by atoms with Crippen LogP contribution in [0.4, 0.5) is 5.95 Å². The molecule has 3 heterocycles. The van der Waals surface area contributed by atoms with E-state index in [1.165, 1.54) is 6.33 Å². The Bertz CT molecular complexity index is 1450. The zero-order valence-electron chi connectivity index (χ0n) is 20.1. The van der Waals surface area contributed by atoms with E-state index in [4.69, 9.17) is 31.5 Å². The second-order valence-corrected chi connectivity index (χ2v) is 9.12. The molecule has 10 nitrogen and oxygen atoms in total. The minimum absolute atomic E-state index is 0.0562. The van der Waals surface area contributed by atoms with Crippen LogP contribution in [0.1, 0.15) is 47.2 Å². The molecule has 1 fully saturated rings. The highest BCUT2D eigenvalue weighted by Gasteiger charge is 2.59. The van der Waals surface area contributed by atoms with Gasteiger partial charge in [0.1, 0.15) is 11.6 Å². The summed E-state index contributed by atoms with van der Waals surface area (Å²) in [5, 5.41) is 0.0707. The molecule has 37 heavy (non-hydrogen) atoms. The van der Waals surface area contributed by atoms with E-state index < -0.39 is 36.0 Å². The van der Waals surface area contributed by atoms with Gasteiger partial charge in [-0.1, -0.05) is 54.9 Å². The lowest BCUT2D eigenvalue weighted by Crippen LogP contribution is -2.49. The van der Waals surface area contributed by atoms with E-state index in [0.29, 0.717) is 23.1 Å². The molecule has 1 saturated heterocycles. The number of hydrogen-bond donors (Lipinski definition) is 1. The normalized spacial score (nSPS) is 23.2. The minimum Gasteiger partial charge on any atom is -0.452 e. The van der Waals surface area contributed by atoms with Crippen LogP contribution >= 0.6 is 11.6 Å². The number of halogens is 1. The fourth-order valence-corrected chi connectivity index (χ4v) is 4.71. The number of carbonyl (C=O) groups is 2. The molecule has 1 unspecified atom stereocenters. The van der Waals surface area contributed by atoms with Gasteiger partial charge in [-0.15, -0.1) is 0 Å². The number of aromatic nitrogens is 4. The van der Waals surface area contributed by atoms with Gasteiger partial charge in [-0.05, 0) is 37.6 Å². The predicted octanol–water partition coefficient (Wildman–Crippen LogP) is 4.21. The van der Waals surface area contributed by atoms with Crippen LogP contribution in [0, 0.1) is 0 Å². The molecule has 0 bridgehead atoms. The van der Waals surface area contributed by atoms with Gasteiger partial charge in [-0.25, -0.2) is 14.6 Å². The van der Waals surface area contributed by atoms with Gasteiger partial charge in [-0.2, -0.15) is 9.97 Å². The standard InChI is InChI=1S/C26H24ClN5O5/c1-3-17-19(36-22(33)15-10-6-4-7-11-15)26(2,37-23(34)16-12-8-5-9-13-16)24(35-17)32-14-29-18-20(27)30-25(28)31-21(18)32/h4-14,17,19,24H,3H2,1-2H3,(H2,28,30,31)/t17-,19?,24-,26-/m1/s1. The summed E-state index contributed by atoms with van der Waals surface area (Å²) in [6, 6.07) is 17.1. The SMILES string of the molecule is CC[C@H]1O[C@@H](n2cnc3c(Cl)nc(N)nc32)[C@](C)(OC(=O)c2ccccc2)C1OC(=O)c1ccccc1. The number of ether oxygens (including phenoxy) is 3. The molecule has 1 aliphatic rings. The van der Waals surface area contributed by atoms with Crippen molar-refractivity contribution >= 4 is 40.7 Å². The Kier molecular flexibility index (Phi) is 6.53. The van der Waals surface area contributed by atoms with Crippen molar-refractivity contribution in [2.75, 3.05) is 5.73 Å². The number of esters is 2. The molecular formula is C26H24ClN5O5. The molecule has 2 aromatic heterocycles. The zero-order chi connectivity index (χ0) is 26.2. The van der Waals surface area contributed by atoms with E-state index >= 15 is 0 Å². The van der Waals surface area contributed by atoms with E-state index in [1.54, 1.807) is 72.2 Å². The smallest absolute Gasteiger partial charge is 0.338 e. The largest absolute Gasteiger partial charge is 0.452 e. The Morgan fingerprint density at radius 2 is 1.68 bits per heavy atom. The maximum absolute atomic E-state index is 13.3. The molecule has 0 aliphatic carbocycles. The second kappa shape index (κ2) is 9.79. The summed E-state index contributed by atoms with van der Waals surface area (Å²) in [6.45, 7) is 3.55. The average molecular weight is 522 g/mol. The van der Waals surface area contributed by atoms with Gasteiger partial charge in [0, 0.05) is 0 Å². The van der Waals surface area contributed by atoms with Crippen LogP contribution in [0.25, 0.3) is 11.2 Å². The lowest BCUT2D eigenvalue weighted by atomic mass is 9.94. The van der Waals surface area contributed by atoms with Crippen LogP contribution in [0.2, 0.25) is 5.15 Å². The van der Waals surface area contributed by atoms with Gasteiger partial charge in [0.2, 0.25) is 5.95 Å². The van der Waals surface area contributed by atoms with Crippen LogP contribution in [0.15, 0.2) is 67.0 Å². The highest BCUT2D eigenvalue weighted by atomic mass is 35.5. The highest BCUT2D eigenvalue weighted by molar-refractivity contribution is 6.33. The van der Waals surface area contributed by atoms with Crippen molar-refractivity contribution in [2.24, 2.45) is 0 Å². The Morgan fingerprint density at radius 3 is 2.30 bits per heavy atom. The van der Waals surface area contributed by atoms with E-state index in [2.05, 4.69) is 15.0 Å². The van der Waals surface area contributed by atoms with Gasteiger partial charge in [-0.3, -0.25) is 4.57 Å². The maximum atomic E-state index is 13.3. The first-order valence-electron chi connectivity index (χ1n) is 11.7. The van der Waals surface area contributed by atoms with Crippen molar-refractivity contribution in [1.82, 2.24) is 19.5 Å². The van der Waals surface area contributed by atoms with Crippen LogP contribution < -0.4 is 5.73 Å². The summed E-state index contributed by atoms with van der Waals surface area (Å²) in [6.07, 6.45) is -0.632. The number of nitrogens with zero attached hydrogens (tertiary/aromatic N) is 4. The third-order valence-electron chi connectivity index (χ3n) is 6.31. The zero-order valence-corrected chi connectivity index (χ0v) is 20.8. The Hall–Kier alpha value is -4.02. The summed E-state index contributed by atoms with van der Waals surface area (Å²) in [4.78, 5) is 38.9. The molecule has 11 heteroatoms. The molecule has 1 aliphatic heterocycles. The number of fused-ring (bicyclic) bond motifs is 1. The van der Waals surface area contributed by atoms with Crippen molar-refractivity contribution in [3.05, 3.63) is 83.3 Å². The van der Waals surface area contributed by atoms with E-state index in [1.807, 2.05) is 6.92 Å². The summed E-state index contributed by atoms with van der Waals surface area (Å²) < 4.78 is 20.0. The molecule has 0 radical (unpaired) electrons. The molecule has 4 atom stereocenters. The molecule has 4 aromatic rings. The lowest BCUT2D eigenvalue weighted by Gasteiger charge is -2.34. The average Bonchev–Trinajstić information content (AvgIpc) is 3.43. The minimum atomic E-state index is -1.49. The molecule has 5 rings (SSSR count). The number of nitrogens with two attached hydrogens (primary N) is 1. The van der Waals surface area contributed by atoms with E-state index in [-0.39, 0.29) is 16.7 Å². The first-order valence-corrected chi connectivity index (χ1v) is 12.0. The van der Waals surface area contributed by atoms with Crippen molar-refractivity contribution in [3.63, 3.8) is 0 Å². The molecule has 2 N–H and O–H groups in total. The number of rotatable bonds is 6.